The maximum Gasteiger partial charge on any atom is 0.227 e. The molecule has 0 saturated heterocycles. The van der Waals surface area contributed by atoms with E-state index in [4.69, 9.17) is 0 Å². The quantitative estimate of drug-likeness (QED) is 0.844. The molecule has 0 saturated carbocycles. The Morgan fingerprint density at radius 3 is 2.25 bits per heavy atom. The second-order valence-corrected chi connectivity index (χ2v) is 5.01. The molecule has 1 atom stereocenters. The minimum absolute atomic E-state index is 0.0687. The van der Waals surface area contributed by atoms with E-state index >= 15 is 0 Å². The van der Waals surface area contributed by atoms with Crippen LogP contribution in [0.1, 0.15) is 45.1 Å². The Hall–Kier alpha value is -1.49. The van der Waals surface area contributed by atoms with E-state index in [9.17, 15) is 18.7 Å². The molecule has 0 aliphatic heterocycles. The molecule has 1 aromatic carbocycles. The van der Waals surface area contributed by atoms with Crippen molar-refractivity contribution in [1.29, 1.82) is 0 Å². The maximum atomic E-state index is 13.6. The van der Waals surface area contributed by atoms with Crippen LogP contribution in [0.4, 0.5) is 8.78 Å². The molecular weight excluding hydrogens is 264 g/mol. The number of aliphatic hydroxyl groups is 1. The summed E-state index contributed by atoms with van der Waals surface area (Å²) in [5.74, 6) is -2.94. The van der Waals surface area contributed by atoms with Crippen LogP contribution in [0.15, 0.2) is 18.2 Å². The summed E-state index contributed by atoms with van der Waals surface area (Å²) in [6.45, 7) is 5.14. The van der Waals surface area contributed by atoms with Gasteiger partial charge in [-0.15, -0.1) is 0 Å². The average molecular weight is 285 g/mol. The van der Waals surface area contributed by atoms with E-state index in [1.807, 2.05) is 13.8 Å². The van der Waals surface area contributed by atoms with Crippen LogP contribution >= 0.6 is 0 Å². The number of benzene rings is 1. The average Bonchev–Trinajstić information content (AvgIpc) is 2.44. The van der Waals surface area contributed by atoms with E-state index in [2.05, 4.69) is 5.32 Å². The first-order valence-electron chi connectivity index (χ1n) is 6.78. The predicted octanol–water partition coefficient (Wildman–Crippen LogP) is 2.74. The molecule has 0 bridgehead atoms. The number of carbonyl (C=O) groups excluding carboxylic acids is 1. The zero-order valence-corrected chi connectivity index (χ0v) is 12.0. The van der Waals surface area contributed by atoms with Crippen molar-refractivity contribution < 1.29 is 18.7 Å². The van der Waals surface area contributed by atoms with Crippen LogP contribution in [0.5, 0.6) is 0 Å². The molecule has 0 radical (unpaired) electrons. The normalized spacial score (nSPS) is 13.1. The standard InChI is InChI=1S/C15H21F2NO2/c1-4-15(20,5-2)9-18-14(19)10(3)13-11(16)7-6-8-12(13)17/h6-8,10,20H,4-5,9H2,1-3H3,(H,18,19). The zero-order valence-electron chi connectivity index (χ0n) is 12.0. The number of carbonyl (C=O) groups is 1. The number of amides is 1. The van der Waals surface area contributed by atoms with Gasteiger partial charge in [-0.05, 0) is 31.9 Å². The Kier molecular flexibility index (Phi) is 5.62. The minimum atomic E-state index is -0.983. The second-order valence-electron chi connectivity index (χ2n) is 5.01. The van der Waals surface area contributed by atoms with E-state index in [-0.39, 0.29) is 12.1 Å². The molecule has 3 nitrogen and oxygen atoms in total. The van der Waals surface area contributed by atoms with Crippen molar-refractivity contribution in [3.63, 3.8) is 0 Å². The molecule has 0 aliphatic carbocycles. The molecule has 112 valence electrons. The van der Waals surface area contributed by atoms with Gasteiger partial charge in [0.25, 0.3) is 0 Å². The van der Waals surface area contributed by atoms with Gasteiger partial charge in [-0.25, -0.2) is 8.78 Å². The van der Waals surface area contributed by atoms with Crippen molar-refractivity contribution in [2.45, 2.75) is 45.1 Å². The van der Waals surface area contributed by atoms with Gasteiger partial charge in [0.1, 0.15) is 11.6 Å². The highest BCUT2D eigenvalue weighted by molar-refractivity contribution is 5.83. The van der Waals surface area contributed by atoms with Gasteiger partial charge in [0.2, 0.25) is 5.91 Å². The van der Waals surface area contributed by atoms with Crippen LogP contribution in [0.25, 0.3) is 0 Å². The molecule has 0 heterocycles. The highest BCUT2D eigenvalue weighted by atomic mass is 19.1. The number of rotatable bonds is 6. The molecule has 2 N–H and O–H groups in total. The van der Waals surface area contributed by atoms with Crippen molar-refractivity contribution in [1.82, 2.24) is 5.32 Å². The van der Waals surface area contributed by atoms with Gasteiger partial charge in [0.05, 0.1) is 11.5 Å². The lowest BCUT2D eigenvalue weighted by Crippen LogP contribution is -2.43. The summed E-state index contributed by atoms with van der Waals surface area (Å²) in [6, 6.07) is 3.50. The van der Waals surface area contributed by atoms with Crippen LogP contribution in [-0.4, -0.2) is 23.2 Å². The van der Waals surface area contributed by atoms with Crippen molar-refractivity contribution in [2.24, 2.45) is 0 Å². The molecule has 1 unspecified atom stereocenters. The van der Waals surface area contributed by atoms with Crippen LogP contribution in [-0.2, 0) is 4.79 Å². The molecule has 5 heteroatoms. The first kappa shape index (κ1) is 16.6. The Morgan fingerprint density at radius 2 is 1.80 bits per heavy atom. The smallest absolute Gasteiger partial charge is 0.227 e. The molecule has 1 aromatic rings. The molecule has 0 spiro atoms. The SMILES string of the molecule is CCC(O)(CC)CNC(=O)C(C)c1c(F)cccc1F. The second kappa shape index (κ2) is 6.79. The molecule has 1 rings (SSSR count). The lowest BCUT2D eigenvalue weighted by atomic mass is 9.95. The zero-order chi connectivity index (χ0) is 15.3. The minimum Gasteiger partial charge on any atom is -0.388 e. The third-order valence-corrected chi connectivity index (χ3v) is 3.73. The van der Waals surface area contributed by atoms with Crippen LogP contribution < -0.4 is 5.32 Å². The fourth-order valence-electron chi connectivity index (χ4n) is 1.96. The van der Waals surface area contributed by atoms with Gasteiger partial charge in [-0.1, -0.05) is 19.9 Å². The topological polar surface area (TPSA) is 49.3 Å². The number of halogens is 2. The third kappa shape index (κ3) is 3.76. The van der Waals surface area contributed by atoms with Gasteiger partial charge in [-0.2, -0.15) is 0 Å². The first-order valence-corrected chi connectivity index (χ1v) is 6.78. The number of hydrogen-bond donors (Lipinski definition) is 2. The van der Waals surface area contributed by atoms with Crippen LogP contribution in [0.3, 0.4) is 0 Å². The Balaban J connectivity index is 2.78. The fourth-order valence-corrected chi connectivity index (χ4v) is 1.96. The highest BCUT2D eigenvalue weighted by Gasteiger charge is 2.26. The third-order valence-electron chi connectivity index (χ3n) is 3.73. The fraction of sp³-hybridized carbons (Fsp3) is 0.533. The molecule has 0 aliphatic rings. The lowest BCUT2D eigenvalue weighted by molar-refractivity contribution is -0.123. The lowest BCUT2D eigenvalue weighted by Gasteiger charge is -2.26. The summed E-state index contributed by atoms with van der Waals surface area (Å²) in [4.78, 5) is 12.0. The molecule has 1 amide bonds. The summed E-state index contributed by atoms with van der Waals surface area (Å²) in [5.41, 5.74) is -1.23. The summed E-state index contributed by atoms with van der Waals surface area (Å²) in [5, 5.41) is 12.6. The van der Waals surface area contributed by atoms with E-state index in [0.717, 1.165) is 12.1 Å². The monoisotopic (exact) mass is 285 g/mol. The molecular formula is C15H21F2NO2. The highest BCUT2D eigenvalue weighted by Crippen LogP contribution is 2.23. The van der Waals surface area contributed by atoms with Crippen LogP contribution in [0.2, 0.25) is 0 Å². The summed E-state index contributed by atoms with van der Waals surface area (Å²) in [6.07, 6.45) is 0.985. The van der Waals surface area contributed by atoms with Crippen molar-refractivity contribution >= 4 is 5.91 Å². The van der Waals surface area contributed by atoms with Gasteiger partial charge in [0, 0.05) is 12.1 Å². The van der Waals surface area contributed by atoms with E-state index in [0.29, 0.717) is 12.8 Å². The van der Waals surface area contributed by atoms with E-state index in [1.165, 1.54) is 13.0 Å². The molecule has 0 fully saturated rings. The predicted molar refractivity (Wildman–Crippen MR) is 73.3 cm³/mol. The van der Waals surface area contributed by atoms with Gasteiger partial charge in [-0.3, -0.25) is 4.79 Å². The van der Waals surface area contributed by atoms with E-state index in [1.54, 1.807) is 0 Å². The Bertz CT molecular complexity index is 453. The number of hydrogen-bond acceptors (Lipinski definition) is 2. The van der Waals surface area contributed by atoms with Gasteiger partial charge in [0.15, 0.2) is 0 Å². The molecule has 20 heavy (non-hydrogen) atoms. The van der Waals surface area contributed by atoms with Crippen molar-refractivity contribution in [2.75, 3.05) is 6.54 Å². The first-order chi connectivity index (χ1) is 9.34. The number of nitrogens with one attached hydrogen (secondary N) is 1. The molecule has 0 aromatic heterocycles. The summed E-state index contributed by atoms with van der Waals surface area (Å²) in [7, 11) is 0. The van der Waals surface area contributed by atoms with Crippen molar-refractivity contribution in [3.05, 3.63) is 35.4 Å². The largest absolute Gasteiger partial charge is 0.388 e. The van der Waals surface area contributed by atoms with Crippen molar-refractivity contribution in [3.8, 4) is 0 Å². The Morgan fingerprint density at radius 1 is 1.30 bits per heavy atom. The Labute approximate surface area is 118 Å². The van der Waals surface area contributed by atoms with Crippen LogP contribution in [0, 0.1) is 11.6 Å². The summed E-state index contributed by atoms with van der Waals surface area (Å²) >= 11 is 0. The maximum absolute atomic E-state index is 13.6. The van der Waals surface area contributed by atoms with Gasteiger partial charge < -0.3 is 10.4 Å². The van der Waals surface area contributed by atoms with Gasteiger partial charge >= 0.3 is 0 Å². The summed E-state index contributed by atoms with van der Waals surface area (Å²) < 4.78 is 27.2. The van der Waals surface area contributed by atoms with E-state index < -0.39 is 29.1 Å².